The van der Waals surface area contributed by atoms with Crippen molar-refractivity contribution in [3.63, 3.8) is 0 Å². The molecule has 1 aromatic heterocycles. The Kier molecular flexibility index (Phi) is 7.62. The van der Waals surface area contributed by atoms with Crippen LogP contribution in [0, 0.1) is 0 Å². The number of carbonyl (C=O) groups excluding carboxylic acids is 1. The van der Waals surface area contributed by atoms with Crippen molar-refractivity contribution in [1.82, 2.24) is 10.3 Å². The summed E-state index contributed by atoms with van der Waals surface area (Å²) in [5, 5.41) is 6.48. The zero-order valence-corrected chi connectivity index (χ0v) is 20.3. The highest BCUT2D eigenvalue weighted by molar-refractivity contribution is 7.13. The predicted molar refractivity (Wildman–Crippen MR) is 138 cm³/mol. The lowest BCUT2D eigenvalue weighted by Gasteiger charge is -2.08. The molecule has 34 heavy (non-hydrogen) atoms. The van der Waals surface area contributed by atoms with Crippen LogP contribution in [0.5, 0.6) is 11.5 Å². The van der Waals surface area contributed by atoms with Crippen LogP contribution in [-0.2, 0) is 11.3 Å². The lowest BCUT2D eigenvalue weighted by Crippen LogP contribution is -2.20. The van der Waals surface area contributed by atoms with E-state index in [1.54, 1.807) is 43.8 Å². The minimum Gasteiger partial charge on any atom is -0.493 e. The molecule has 4 rings (SSSR count). The molecule has 0 atom stereocenters. The van der Waals surface area contributed by atoms with Crippen LogP contribution < -0.4 is 14.8 Å². The zero-order valence-electron chi connectivity index (χ0n) is 18.7. The number of nitrogens with zero attached hydrogens (tertiary/aromatic N) is 1. The van der Waals surface area contributed by atoms with Gasteiger partial charge >= 0.3 is 0 Å². The van der Waals surface area contributed by atoms with Crippen LogP contribution in [-0.4, -0.2) is 25.1 Å². The van der Waals surface area contributed by atoms with E-state index in [9.17, 15) is 4.79 Å². The van der Waals surface area contributed by atoms with Crippen molar-refractivity contribution in [2.24, 2.45) is 0 Å². The molecule has 0 spiro atoms. The van der Waals surface area contributed by atoms with Crippen molar-refractivity contribution in [3.8, 4) is 33.3 Å². The molecule has 0 aliphatic rings. The van der Waals surface area contributed by atoms with Gasteiger partial charge in [-0.1, -0.05) is 48.0 Å². The number of amides is 1. The number of halogens is 1. The predicted octanol–water partition coefficient (Wildman–Crippen LogP) is 6.48. The molecule has 0 aliphatic carbocycles. The summed E-state index contributed by atoms with van der Waals surface area (Å²) in [4.78, 5) is 16.9. The molecule has 0 saturated carbocycles. The smallest absolute Gasteiger partial charge is 0.244 e. The van der Waals surface area contributed by atoms with Crippen LogP contribution in [0.4, 0.5) is 0 Å². The summed E-state index contributed by atoms with van der Waals surface area (Å²) in [6.07, 6.45) is 3.24. The van der Waals surface area contributed by atoms with Gasteiger partial charge in [-0.2, -0.15) is 0 Å². The fourth-order valence-corrected chi connectivity index (χ4v) is 4.36. The van der Waals surface area contributed by atoms with Crippen LogP contribution in [0.1, 0.15) is 11.1 Å². The monoisotopic (exact) mass is 490 g/mol. The van der Waals surface area contributed by atoms with E-state index in [1.807, 2.05) is 60.0 Å². The Hall–Kier alpha value is -3.61. The molecule has 0 bridgehead atoms. The molecule has 0 fully saturated rings. The maximum atomic E-state index is 12.1. The molecule has 1 heterocycles. The summed E-state index contributed by atoms with van der Waals surface area (Å²) in [7, 11) is 3.24. The fraction of sp³-hybridized carbons (Fsp3) is 0.111. The normalized spacial score (nSPS) is 10.9. The Morgan fingerprint density at radius 1 is 1.00 bits per heavy atom. The van der Waals surface area contributed by atoms with Gasteiger partial charge in [-0.25, -0.2) is 4.98 Å². The quantitative estimate of drug-likeness (QED) is 0.287. The second-order valence-corrected chi connectivity index (χ2v) is 8.71. The molecule has 0 aliphatic heterocycles. The van der Waals surface area contributed by atoms with E-state index in [1.165, 1.54) is 6.08 Å². The van der Waals surface area contributed by atoms with Gasteiger partial charge in [0.1, 0.15) is 5.01 Å². The second kappa shape index (κ2) is 11.0. The second-order valence-electron chi connectivity index (χ2n) is 7.41. The summed E-state index contributed by atoms with van der Waals surface area (Å²) in [6.45, 7) is 0.438. The Bertz CT molecular complexity index is 1320. The minimum absolute atomic E-state index is 0.163. The van der Waals surface area contributed by atoms with Gasteiger partial charge in [0.15, 0.2) is 11.5 Å². The molecule has 1 amide bonds. The first-order valence-corrected chi connectivity index (χ1v) is 11.8. The number of nitrogens with one attached hydrogen (secondary N) is 1. The minimum atomic E-state index is -0.163. The van der Waals surface area contributed by atoms with Crippen molar-refractivity contribution in [2.45, 2.75) is 6.54 Å². The lowest BCUT2D eigenvalue weighted by atomic mass is 10.1. The van der Waals surface area contributed by atoms with Gasteiger partial charge in [-0.15, -0.1) is 11.3 Å². The van der Waals surface area contributed by atoms with Crippen LogP contribution >= 0.6 is 22.9 Å². The first kappa shape index (κ1) is 23.5. The third-order valence-electron chi connectivity index (χ3n) is 5.13. The van der Waals surface area contributed by atoms with Crippen molar-refractivity contribution >= 4 is 34.9 Å². The Morgan fingerprint density at radius 2 is 1.76 bits per heavy atom. The number of hydrogen-bond donors (Lipinski definition) is 1. The van der Waals surface area contributed by atoms with E-state index in [-0.39, 0.29) is 5.91 Å². The molecule has 3 aromatic carbocycles. The van der Waals surface area contributed by atoms with E-state index in [2.05, 4.69) is 5.32 Å². The van der Waals surface area contributed by atoms with Gasteiger partial charge in [-0.3, -0.25) is 4.79 Å². The first-order valence-electron chi connectivity index (χ1n) is 10.5. The molecule has 4 aromatic rings. The molecule has 0 radical (unpaired) electrons. The van der Waals surface area contributed by atoms with E-state index < -0.39 is 0 Å². The van der Waals surface area contributed by atoms with Gasteiger partial charge in [0.2, 0.25) is 5.91 Å². The van der Waals surface area contributed by atoms with Gasteiger partial charge in [-0.05, 0) is 47.5 Å². The average Bonchev–Trinajstić information content (AvgIpc) is 3.36. The van der Waals surface area contributed by atoms with Crippen molar-refractivity contribution < 1.29 is 14.3 Å². The highest BCUT2D eigenvalue weighted by atomic mass is 35.5. The van der Waals surface area contributed by atoms with Crippen molar-refractivity contribution in [3.05, 3.63) is 94.3 Å². The molecular weight excluding hydrogens is 468 g/mol. The number of hydrogen-bond acceptors (Lipinski definition) is 5. The fourth-order valence-electron chi connectivity index (χ4n) is 3.33. The highest BCUT2D eigenvalue weighted by Gasteiger charge is 2.10. The largest absolute Gasteiger partial charge is 0.493 e. The van der Waals surface area contributed by atoms with E-state index in [4.69, 9.17) is 26.1 Å². The standard InChI is InChI=1S/C27H23ClN2O3S/c1-32-24-12-11-21(15-25(24)33-2)23-17-34-27(30-23)20-9-6-19(7-10-20)16-29-26(31)13-8-18-4-3-5-22(28)14-18/h3-15,17H,16H2,1-2H3,(H,29,31)/b13-8+. The van der Waals surface area contributed by atoms with Crippen LogP contribution in [0.3, 0.4) is 0 Å². The number of benzene rings is 3. The van der Waals surface area contributed by atoms with Gasteiger partial charge in [0, 0.05) is 34.2 Å². The Balaban J connectivity index is 1.37. The number of methoxy groups -OCH3 is 2. The lowest BCUT2D eigenvalue weighted by molar-refractivity contribution is -0.116. The summed E-state index contributed by atoms with van der Waals surface area (Å²) < 4.78 is 10.7. The van der Waals surface area contributed by atoms with Gasteiger partial charge < -0.3 is 14.8 Å². The number of carbonyl (C=O) groups is 1. The molecular formula is C27H23ClN2O3S. The van der Waals surface area contributed by atoms with Gasteiger partial charge in [0.25, 0.3) is 0 Å². The van der Waals surface area contributed by atoms with E-state index in [0.717, 1.165) is 33.0 Å². The number of rotatable bonds is 8. The van der Waals surface area contributed by atoms with E-state index >= 15 is 0 Å². The van der Waals surface area contributed by atoms with Gasteiger partial charge in [0.05, 0.1) is 19.9 Å². The number of aromatic nitrogens is 1. The zero-order chi connectivity index (χ0) is 23.9. The van der Waals surface area contributed by atoms with Crippen LogP contribution in [0.25, 0.3) is 27.9 Å². The Morgan fingerprint density at radius 3 is 2.50 bits per heavy atom. The molecule has 0 unspecified atom stereocenters. The summed E-state index contributed by atoms with van der Waals surface area (Å²) >= 11 is 7.55. The third kappa shape index (κ3) is 5.84. The SMILES string of the molecule is COc1ccc(-c2csc(-c3ccc(CNC(=O)/C=C/c4cccc(Cl)c4)cc3)n2)cc1OC. The first-order chi connectivity index (χ1) is 16.6. The maximum Gasteiger partial charge on any atom is 0.244 e. The van der Waals surface area contributed by atoms with Crippen molar-refractivity contribution in [2.75, 3.05) is 14.2 Å². The molecule has 0 saturated heterocycles. The topological polar surface area (TPSA) is 60.5 Å². The summed E-state index contributed by atoms with van der Waals surface area (Å²) in [6, 6.07) is 21.1. The van der Waals surface area contributed by atoms with Crippen LogP contribution in [0.15, 0.2) is 78.2 Å². The third-order valence-corrected chi connectivity index (χ3v) is 6.25. The Labute approximate surface area is 207 Å². The summed E-state index contributed by atoms with van der Waals surface area (Å²) in [5.74, 6) is 1.19. The summed E-state index contributed by atoms with van der Waals surface area (Å²) in [5.41, 5.74) is 4.74. The highest BCUT2D eigenvalue weighted by Crippen LogP contribution is 2.34. The molecule has 5 nitrogen and oxygen atoms in total. The number of ether oxygens (including phenoxy) is 2. The maximum absolute atomic E-state index is 12.1. The van der Waals surface area contributed by atoms with Crippen molar-refractivity contribution in [1.29, 1.82) is 0 Å². The molecule has 1 N–H and O–H groups in total. The van der Waals surface area contributed by atoms with E-state index in [0.29, 0.717) is 23.1 Å². The average molecular weight is 491 g/mol. The van der Waals surface area contributed by atoms with Crippen LogP contribution in [0.2, 0.25) is 5.02 Å². The number of thiazole rings is 1. The molecule has 172 valence electrons. The molecule has 7 heteroatoms.